The number of halogens is 3. The quantitative estimate of drug-likeness (QED) is 0.391. The van der Waals surface area contributed by atoms with Crippen LogP contribution in [0.4, 0.5) is 24.8 Å². The van der Waals surface area contributed by atoms with E-state index >= 15 is 0 Å². The zero-order valence-electron chi connectivity index (χ0n) is 18.1. The smallest absolute Gasteiger partial charge is 0.417 e. The maximum atomic E-state index is 13.6. The predicted molar refractivity (Wildman–Crippen MR) is 119 cm³/mol. The summed E-state index contributed by atoms with van der Waals surface area (Å²) < 4.78 is 49.3. The van der Waals surface area contributed by atoms with Gasteiger partial charge in [0.2, 0.25) is 5.95 Å². The second-order valence-electron chi connectivity index (χ2n) is 7.42. The lowest BCUT2D eigenvalue weighted by Crippen LogP contribution is -2.07. The van der Waals surface area contributed by atoms with Gasteiger partial charge in [-0.05, 0) is 42.8 Å². The minimum Gasteiger partial charge on any atom is -0.494 e. The van der Waals surface area contributed by atoms with Crippen LogP contribution < -0.4 is 10.1 Å². The van der Waals surface area contributed by atoms with Gasteiger partial charge in [0.15, 0.2) is 5.65 Å². The van der Waals surface area contributed by atoms with E-state index in [1.165, 1.54) is 16.6 Å². The summed E-state index contributed by atoms with van der Waals surface area (Å²) in [7, 11) is 1.54. The number of benzene rings is 2. The second kappa shape index (κ2) is 8.18. The monoisotopic (exact) mass is 465 g/mol. The number of pyridine rings is 1. The first-order chi connectivity index (χ1) is 16.3. The molecule has 1 N–H and O–H groups in total. The van der Waals surface area contributed by atoms with Gasteiger partial charge in [0.05, 0.1) is 12.7 Å². The van der Waals surface area contributed by atoms with Crippen LogP contribution in [-0.4, -0.2) is 36.5 Å². The molecule has 0 amide bonds. The molecule has 34 heavy (non-hydrogen) atoms. The van der Waals surface area contributed by atoms with Crippen molar-refractivity contribution in [1.29, 1.82) is 0 Å². The molecule has 0 spiro atoms. The average molecular weight is 465 g/mol. The summed E-state index contributed by atoms with van der Waals surface area (Å²) in [5, 5.41) is 11.7. The molecule has 172 valence electrons. The van der Waals surface area contributed by atoms with Gasteiger partial charge < -0.3 is 10.1 Å². The number of aryl methyl sites for hydroxylation is 1. The van der Waals surface area contributed by atoms with Crippen LogP contribution in [0, 0.1) is 6.92 Å². The lowest BCUT2D eigenvalue weighted by Gasteiger charge is -2.12. The molecule has 0 aliphatic carbocycles. The van der Waals surface area contributed by atoms with Crippen LogP contribution >= 0.6 is 0 Å². The van der Waals surface area contributed by atoms with Gasteiger partial charge in [-0.2, -0.15) is 23.3 Å². The van der Waals surface area contributed by atoms with Crippen LogP contribution in [0.1, 0.15) is 11.4 Å². The molecule has 0 saturated carbocycles. The maximum Gasteiger partial charge on any atom is 0.417 e. The molecule has 8 nitrogen and oxygen atoms in total. The van der Waals surface area contributed by atoms with Crippen molar-refractivity contribution in [3.05, 3.63) is 78.5 Å². The first-order valence-electron chi connectivity index (χ1n) is 10.2. The first kappa shape index (κ1) is 21.4. The maximum absolute atomic E-state index is 13.6. The lowest BCUT2D eigenvalue weighted by molar-refractivity contribution is -0.137. The highest BCUT2D eigenvalue weighted by molar-refractivity contribution is 5.80. The van der Waals surface area contributed by atoms with Gasteiger partial charge in [0.25, 0.3) is 0 Å². The van der Waals surface area contributed by atoms with E-state index < -0.39 is 11.7 Å². The first-order valence-corrected chi connectivity index (χ1v) is 10.2. The Balaban J connectivity index is 1.52. The van der Waals surface area contributed by atoms with E-state index in [4.69, 9.17) is 4.74 Å². The number of aromatic nitrogens is 6. The highest BCUT2D eigenvalue weighted by Crippen LogP contribution is 2.38. The van der Waals surface area contributed by atoms with E-state index in [-0.39, 0.29) is 11.5 Å². The Hall–Kier alpha value is -4.41. The van der Waals surface area contributed by atoms with Crippen molar-refractivity contribution < 1.29 is 17.9 Å². The van der Waals surface area contributed by atoms with Gasteiger partial charge in [-0.1, -0.05) is 18.2 Å². The van der Waals surface area contributed by atoms with Crippen LogP contribution in [0.15, 0.2) is 67.1 Å². The summed E-state index contributed by atoms with van der Waals surface area (Å²) in [6.45, 7) is 1.79. The van der Waals surface area contributed by atoms with Crippen molar-refractivity contribution in [2.75, 3.05) is 12.4 Å². The Morgan fingerprint density at radius 1 is 0.971 bits per heavy atom. The number of nitrogens with one attached hydrogen (secondary N) is 1. The molecule has 3 aromatic heterocycles. The van der Waals surface area contributed by atoms with Crippen molar-refractivity contribution in [2.24, 2.45) is 0 Å². The number of fused-ring (bicyclic) bond motifs is 1. The van der Waals surface area contributed by atoms with Crippen LogP contribution in [0.3, 0.4) is 0 Å². The molecule has 5 aromatic rings. The minimum atomic E-state index is -4.49. The van der Waals surface area contributed by atoms with Crippen molar-refractivity contribution in [3.8, 4) is 22.6 Å². The Morgan fingerprint density at radius 2 is 1.76 bits per heavy atom. The number of ether oxygens (including phenoxy) is 1. The largest absolute Gasteiger partial charge is 0.494 e. The SMILES string of the molecule is COc1cc(Nc2nc3c(-c4ccccc4C(F)(F)F)cccn3n2)ccc1-n1cnc(C)n1. The standard InChI is InChI=1S/C23H18F3N7O/c1-14-27-13-33(30-14)19-10-9-15(12-20(19)34-2)28-22-29-21-17(7-5-11-32(21)31-22)16-6-3-4-8-18(16)23(24,25)26/h3-13H,1-2H3,(H,28,31). The highest BCUT2D eigenvalue weighted by atomic mass is 19.4. The van der Waals surface area contributed by atoms with E-state index in [1.54, 1.807) is 67.6 Å². The van der Waals surface area contributed by atoms with Gasteiger partial charge in [-0.3, -0.25) is 0 Å². The predicted octanol–water partition coefficient (Wildman–Crippen LogP) is 5.06. The normalized spacial score (nSPS) is 11.7. The Bertz CT molecular complexity index is 1490. The van der Waals surface area contributed by atoms with E-state index in [9.17, 15) is 13.2 Å². The van der Waals surface area contributed by atoms with E-state index in [2.05, 4.69) is 25.5 Å². The van der Waals surface area contributed by atoms with Crippen molar-refractivity contribution >= 4 is 17.3 Å². The molecule has 0 atom stereocenters. The summed E-state index contributed by atoms with van der Waals surface area (Å²) in [5.41, 5.74) is 1.25. The zero-order valence-corrected chi connectivity index (χ0v) is 18.1. The molecule has 0 radical (unpaired) electrons. The van der Waals surface area contributed by atoms with Crippen LogP contribution in [0.5, 0.6) is 5.75 Å². The van der Waals surface area contributed by atoms with Crippen molar-refractivity contribution in [3.63, 3.8) is 0 Å². The molecule has 2 aromatic carbocycles. The summed E-state index contributed by atoms with van der Waals surface area (Å²) in [4.78, 5) is 8.58. The molecule has 3 heterocycles. The van der Waals surface area contributed by atoms with Crippen molar-refractivity contribution in [1.82, 2.24) is 29.4 Å². The van der Waals surface area contributed by atoms with Gasteiger partial charge in [-0.15, -0.1) is 5.10 Å². The van der Waals surface area contributed by atoms with Gasteiger partial charge in [0, 0.05) is 23.5 Å². The lowest BCUT2D eigenvalue weighted by atomic mass is 10.0. The fourth-order valence-electron chi connectivity index (χ4n) is 3.67. The highest BCUT2D eigenvalue weighted by Gasteiger charge is 2.34. The fraction of sp³-hybridized carbons (Fsp3) is 0.130. The topological polar surface area (TPSA) is 82.2 Å². The molecular weight excluding hydrogens is 447 g/mol. The van der Waals surface area contributed by atoms with E-state index in [0.717, 1.165) is 6.07 Å². The summed E-state index contributed by atoms with van der Waals surface area (Å²) in [6.07, 6.45) is -1.28. The van der Waals surface area contributed by atoms with Crippen LogP contribution in [0.25, 0.3) is 22.5 Å². The number of alkyl halides is 3. The Kier molecular flexibility index (Phi) is 5.16. The summed E-state index contributed by atoms with van der Waals surface area (Å²) >= 11 is 0. The molecule has 11 heteroatoms. The number of hydrogen-bond acceptors (Lipinski definition) is 6. The van der Waals surface area contributed by atoms with Crippen LogP contribution in [0.2, 0.25) is 0 Å². The number of rotatable bonds is 5. The van der Waals surface area contributed by atoms with Gasteiger partial charge >= 0.3 is 6.18 Å². The molecule has 0 saturated heterocycles. The Labute approximate surface area is 191 Å². The van der Waals surface area contributed by atoms with Gasteiger partial charge in [-0.25, -0.2) is 14.2 Å². The molecule has 0 bridgehead atoms. The molecule has 0 aliphatic heterocycles. The minimum absolute atomic E-state index is 0.0358. The van der Waals surface area contributed by atoms with Gasteiger partial charge in [0.1, 0.15) is 23.6 Å². The van der Waals surface area contributed by atoms with E-state index in [1.807, 2.05) is 0 Å². The average Bonchev–Trinajstić information content (AvgIpc) is 3.43. The third kappa shape index (κ3) is 3.91. The summed E-state index contributed by atoms with van der Waals surface area (Å²) in [6, 6.07) is 14.0. The van der Waals surface area contributed by atoms with Crippen molar-refractivity contribution in [2.45, 2.75) is 13.1 Å². The van der Waals surface area contributed by atoms with E-state index in [0.29, 0.717) is 34.2 Å². The third-order valence-electron chi connectivity index (χ3n) is 5.17. The third-order valence-corrected chi connectivity index (χ3v) is 5.17. The molecule has 5 rings (SSSR count). The number of methoxy groups -OCH3 is 1. The molecule has 0 aliphatic rings. The number of anilines is 2. The number of hydrogen-bond donors (Lipinski definition) is 1. The fourth-order valence-corrected chi connectivity index (χ4v) is 3.67. The molecule has 0 unspecified atom stereocenters. The molecular formula is C23H18F3N7O. The zero-order chi connectivity index (χ0) is 23.9. The van der Waals surface area contributed by atoms with Crippen LogP contribution in [-0.2, 0) is 6.18 Å². The Morgan fingerprint density at radius 3 is 2.50 bits per heavy atom. The number of nitrogens with zero attached hydrogens (tertiary/aromatic N) is 6. The second-order valence-corrected chi connectivity index (χ2v) is 7.42. The molecule has 0 fully saturated rings. The summed E-state index contributed by atoms with van der Waals surface area (Å²) in [5.74, 6) is 1.39.